The second-order valence-corrected chi connectivity index (χ2v) is 11.7. The van der Waals surface area contributed by atoms with Gasteiger partial charge in [0.05, 0.1) is 30.7 Å². The summed E-state index contributed by atoms with van der Waals surface area (Å²) in [5.74, 6) is 0.386. The molecule has 0 aromatic heterocycles. The molecule has 0 heterocycles. The van der Waals surface area contributed by atoms with E-state index in [1.165, 1.54) is 11.4 Å². The molecule has 0 radical (unpaired) electrons. The maximum Gasteiger partial charge on any atom is 0.251 e. The molecule has 8 nitrogen and oxygen atoms in total. The van der Waals surface area contributed by atoms with Crippen molar-refractivity contribution in [2.45, 2.75) is 44.9 Å². The van der Waals surface area contributed by atoms with Gasteiger partial charge >= 0.3 is 0 Å². The Kier molecular flexibility index (Phi) is 10.9. The van der Waals surface area contributed by atoms with Gasteiger partial charge < -0.3 is 20.5 Å². The largest absolute Gasteiger partial charge is 0.497 e. The number of hydrogen-bond donors (Lipinski definition) is 3. The fraction of sp³-hybridized carbons (Fsp3) is 0.367. The van der Waals surface area contributed by atoms with Crippen LogP contribution in [0.15, 0.2) is 78.9 Å². The summed E-state index contributed by atoms with van der Waals surface area (Å²) >= 11 is 0. The summed E-state index contributed by atoms with van der Waals surface area (Å²) in [6, 6.07) is 23.2. The predicted octanol–water partition coefficient (Wildman–Crippen LogP) is 3.92. The number of hydrogen-bond acceptors (Lipinski definition) is 6. The Morgan fingerprint density at radius 2 is 1.74 bits per heavy atom. The Morgan fingerprint density at radius 3 is 2.44 bits per heavy atom. The summed E-state index contributed by atoms with van der Waals surface area (Å²) in [6.07, 6.45) is 0.0297. The van der Waals surface area contributed by atoms with Crippen LogP contribution in [0, 0.1) is 0 Å². The molecule has 0 bridgehead atoms. The molecule has 0 aliphatic rings. The number of carbonyl (C=O) groups is 1. The minimum Gasteiger partial charge on any atom is -0.497 e. The van der Waals surface area contributed by atoms with Crippen LogP contribution in [-0.4, -0.2) is 58.0 Å². The minimum absolute atomic E-state index is 0.0203. The Hall–Kier alpha value is -3.40. The van der Waals surface area contributed by atoms with E-state index < -0.39 is 22.2 Å². The second-order valence-electron chi connectivity index (χ2n) is 9.58. The van der Waals surface area contributed by atoms with E-state index in [2.05, 4.69) is 10.6 Å². The van der Waals surface area contributed by atoms with E-state index in [0.717, 1.165) is 16.9 Å². The molecule has 0 aliphatic carbocycles. The van der Waals surface area contributed by atoms with Gasteiger partial charge in [-0.2, -0.15) is 0 Å². The lowest BCUT2D eigenvalue weighted by Crippen LogP contribution is -2.49. The molecule has 9 heteroatoms. The first-order chi connectivity index (χ1) is 18.6. The average Bonchev–Trinajstić information content (AvgIpc) is 2.95. The number of aliphatic hydroxyl groups excluding tert-OH is 1. The van der Waals surface area contributed by atoms with Crippen molar-refractivity contribution in [3.63, 3.8) is 0 Å². The van der Waals surface area contributed by atoms with Crippen molar-refractivity contribution in [3.8, 4) is 5.75 Å². The quantitative estimate of drug-likeness (QED) is 0.279. The van der Waals surface area contributed by atoms with E-state index in [0.29, 0.717) is 24.1 Å². The number of amides is 1. The van der Waals surface area contributed by atoms with Crippen LogP contribution in [-0.2, 0) is 16.4 Å². The van der Waals surface area contributed by atoms with Gasteiger partial charge in [-0.25, -0.2) is 8.42 Å². The Bertz CT molecular complexity index is 1320. The van der Waals surface area contributed by atoms with Crippen LogP contribution < -0.4 is 19.7 Å². The highest BCUT2D eigenvalue weighted by atomic mass is 32.2. The zero-order valence-electron chi connectivity index (χ0n) is 23.0. The summed E-state index contributed by atoms with van der Waals surface area (Å²) in [5.41, 5.74) is 2.71. The normalized spacial score (nSPS) is 13.8. The molecular weight excluding hydrogens is 514 g/mol. The molecule has 0 fully saturated rings. The molecule has 0 aliphatic heterocycles. The summed E-state index contributed by atoms with van der Waals surface area (Å²) in [6.45, 7) is 4.05. The van der Waals surface area contributed by atoms with Gasteiger partial charge in [-0.3, -0.25) is 9.10 Å². The van der Waals surface area contributed by atoms with Crippen LogP contribution in [0.25, 0.3) is 0 Å². The molecule has 0 saturated carbocycles. The highest BCUT2D eigenvalue weighted by Gasteiger charge is 2.24. The minimum atomic E-state index is -3.48. The number of nitrogens with one attached hydrogen (secondary N) is 2. The molecule has 1 amide bonds. The first-order valence-electron chi connectivity index (χ1n) is 13.1. The number of benzene rings is 3. The number of rotatable bonds is 14. The van der Waals surface area contributed by atoms with E-state index in [1.807, 2.05) is 61.5 Å². The van der Waals surface area contributed by atoms with E-state index in [4.69, 9.17) is 4.74 Å². The molecule has 0 spiro atoms. The molecule has 2 unspecified atom stereocenters. The number of sulfonamides is 1. The average molecular weight is 554 g/mol. The van der Waals surface area contributed by atoms with Crippen LogP contribution in [0.5, 0.6) is 5.75 Å². The SMILES string of the molecule is CCCS(=O)(=O)N(C)c1cccc(C(=O)NC(Cc2ccccc2)C(O)CN[C@@H](C)c2cccc(OC)c2)c1. The lowest BCUT2D eigenvalue weighted by molar-refractivity contribution is 0.0825. The summed E-state index contributed by atoms with van der Waals surface area (Å²) in [4.78, 5) is 13.3. The van der Waals surface area contributed by atoms with Crippen LogP contribution in [0.3, 0.4) is 0 Å². The molecule has 3 rings (SSSR count). The van der Waals surface area contributed by atoms with Crippen LogP contribution in [0.4, 0.5) is 5.69 Å². The third-order valence-electron chi connectivity index (χ3n) is 6.66. The zero-order valence-corrected chi connectivity index (χ0v) is 23.8. The van der Waals surface area contributed by atoms with Crippen LogP contribution in [0.2, 0.25) is 0 Å². The maximum atomic E-state index is 13.3. The third-order valence-corrected chi connectivity index (χ3v) is 8.63. The Labute approximate surface area is 232 Å². The van der Waals surface area contributed by atoms with Crippen molar-refractivity contribution in [1.29, 1.82) is 0 Å². The molecule has 3 aromatic rings. The van der Waals surface area contributed by atoms with Gasteiger partial charge in [0.2, 0.25) is 10.0 Å². The van der Waals surface area contributed by atoms with E-state index in [9.17, 15) is 18.3 Å². The maximum absolute atomic E-state index is 13.3. The van der Waals surface area contributed by atoms with E-state index >= 15 is 0 Å². The number of nitrogens with zero attached hydrogens (tertiary/aromatic N) is 1. The van der Waals surface area contributed by atoms with Crippen LogP contribution >= 0.6 is 0 Å². The van der Waals surface area contributed by atoms with E-state index in [-0.39, 0.29) is 24.2 Å². The molecule has 3 atom stereocenters. The standard InChI is InChI=1S/C30H39N3O5S/c1-5-17-39(36,37)33(3)26-15-9-14-25(19-26)30(35)32-28(18-23-11-7-6-8-12-23)29(34)21-31-22(2)24-13-10-16-27(20-24)38-4/h6-16,19-20,22,28-29,31,34H,5,17-18,21H2,1-4H3,(H,32,35)/t22-,28?,29?/m0/s1. The molecule has 3 aromatic carbocycles. The number of ether oxygens (including phenoxy) is 1. The third kappa shape index (κ3) is 8.54. The first kappa shape index (κ1) is 30.1. The van der Waals surface area contributed by atoms with Gasteiger partial charge in [0.1, 0.15) is 5.75 Å². The van der Waals surface area contributed by atoms with Crippen molar-refractivity contribution in [2.24, 2.45) is 0 Å². The topological polar surface area (TPSA) is 108 Å². The highest BCUT2D eigenvalue weighted by Crippen LogP contribution is 2.20. The molecule has 3 N–H and O–H groups in total. The smallest absolute Gasteiger partial charge is 0.251 e. The highest BCUT2D eigenvalue weighted by molar-refractivity contribution is 7.92. The predicted molar refractivity (Wildman–Crippen MR) is 156 cm³/mol. The number of anilines is 1. The number of methoxy groups -OCH3 is 1. The molecule has 0 saturated heterocycles. The van der Waals surface area contributed by atoms with Crippen molar-refractivity contribution in [3.05, 3.63) is 95.6 Å². The first-order valence-corrected chi connectivity index (χ1v) is 14.7. The zero-order chi connectivity index (χ0) is 28.4. The summed E-state index contributed by atoms with van der Waals surface area (Å²) < 4.78 is 31.6. The van der Waals surface area contributed by atoms with Gasteiger partial charge in [-0.05, 0) is 61.2 Å². The van der Waals surface area contributed by atoms with Crippen LogP contribution in [0.1, 0.15) is 47.8 Å². The van der Waals surface area contributed by atoms with Crippen molar-refractivity contribution < 1.29 is 23.1 Å². The second kappa shape index (κ2) is 14.1. The fourth-order valence-corrected chi connectivity index (χ4v) is 5.49. The van der Waals surface area contributed by atoms with Crippen molar-refractivity contribution in [2.75, 3.05) is 30.8 Å². The Balaban J connectivity index is 1.75. The molecular formula is C30H39N3O5S. The monoisotopic (exact) mass is 553 g/mol. The van der Waals surface area contributed by atoms with Gasteiger partial charge in [-0.1, -0.05) is 55.5 Å². The Morgan fingerprint density at radius 1 is 1.03 bits per heavy atom. The molecule has 210 valence electrons. The van der Waals surface area contributed by atoms with Crippen molar-refractivity contribution in [1.82, 2.24) is 10.6 Å². The lowest BCUT2D eigenvalue weighted by atomic mass is 9.99. The van der Waals surface area contributed by atoms with Gasteiger partial charge in [-0.15, -0.1) is 0 Å². The number of aliphatic hydroxyl groups is 1. The van der Waals surface area contributed by atoms with Gasteiger partial charge in [0, 0.05) is 25.2 Å². The summed E-state index contributed by atoms with van der Waals surface area (Å²) in [7, 11) is -0.375. The summed E-state index contributed by atoms with van der Waals surface area (Å²) in [5, 5.41) is 17.5. The van der Waals surface area contributed by atoms with Crippen molar-refractivity contribution >= 4 is 21.6 Å². The van der Waals surface area contributed by atoms with Gasteiger partial charge in [0.25, 0.3) is 5.91 Å². The van der Waals surface area contributed by atoms with E-state index in [1.54, 1.807) is 38.3 Å². The van der Waals surface area contributed by atoms with Gasteiger partial charge in [0.15, 0.2) is 0 Å². The lowest BCUT2D eigenvalue weighted by Gasteiger charge is -2.27. The molecule has 39 heavy (non-hydrogen) atoms. The number of carbonyl (C=O) groups excluding carboxylic acids is 1. The fourth-order valence-electron chi connectivity index (χ4n) is 4.27.